The van der Waals surface area contributed by atoms with E-state index in [4.69, 9.17) is 5.73 Å². The quantitative estimate of drug-likeness (QED) is 0.835. The Morgan fingerprint density at radius 3 is 2.54 bits per heavy atom. The van der Waals surface area contributed by atoms with Crippen LogP contribution in [0.4, 0.5) is 0 Å². The van der Waals surface area contributed by atoms with E-state index in [0.29, 0.717) is 17.4 Å². The first kappa shape index (κ1) is 17.4. The molecule has 0 atom stereocenters. The SMILES string of the molecule is NCC1CCN(CCNS(=O)(=O)c2cccc3ccccc23)CC1. The van der Waals surface area contributed by atoms with Gasteiger partial charge in [0.2, 0.25) is 10.0 Å². The number of hydrogen-bond donors (Lipinski definition) is 2. The van der Waals surface area contributed by atoms with Gasteiger partial charge in [-0.1, -0.05) is 36.4 Å². The molecule has 0 unspecified atom stereocenters. The Kier molecular flexibility index (Phi) is 5.50. The maximum absolute atomic E-state index is 12.6. The average Bonchev–Trinajstić information content (AvgIpc) is 2.61. The lowest BCUT2D eigenvalue weighted by molar-refractivity contribution is 0.190. The van der Waals surface area contributed by atoms with E-state index in [-0.39, 0.29) is 0 Å². The fraction of sp³-hybridized carbons (Fsp3) is 0.444. The molecular weight excluding hydrogens is 322 g/mol. The molecule has 5 nitrogen and oxygen atoms in total. The number of piperidine rings is 1. The van der Waals surface area contributed by atoms with Gasteiger partial charge in [0.15, 0.2) is 0 Å². The van der Waals surface area contributed by atoms with Crippen molar-refractivity contribution in [1.29, 1.82) is 0 Å². The maximum atomic E-state index is 12.6. The van der Waals surface area contributed by atoms with Gasteiger partial charge in [0.25, 0.3) is 0 Å². The van der Waals surface area contributed by atoms with Gasteiger partial charge in [-0.15, -0.1) is 0 Å². The Morgan fingerprint density at radius 1 is 1.08 bits per heavy atom. The number of benzene rings is 2. The molecule has 0 amide bonds. The van der Waals surface area contributed by atoms with Crippen LogP contribution in [0.5, 0.6) is 0 Å². The van der Waals surface area contributed by atoms with Crippen LogP contribution in [0.25, 0.3) is 10.8 Å². The predicted octanol–water partition coefficient (Wildman–Crippen LogP) is 1.79. The highest BCUT2D eigenvalue weighted by Crippen LogP contribution is 2.22. The second-order valence-electron chi connectivity index (χ2n) is 6.40. The first-order valence-corrected chi connectivity index (χ1v) is 9.98. The third kappa shape index (κ3) is 3.95. The highest BCUT2D eigenvalue weighted by molar-refractivity contribution is 7.89. The van der Waals surface area contributed by atoms with Crippen molar-refractivity contribution in [3.63, 3.8) is 0 Å². The largest absolute Gasteiger partial charge is 0.330 e. The van der Waals surface area contributed by atoms with Gasteiger partial charge in [-0.2, -0.15) is 0 Å². The van der Waals surface area contributed by atoms with Crippen molar-refractivity contribution in [2.75, 3.05) is 32.7 Å². The second-order valence-corrected chi connectivity index (χ2v) is 8.13. The van der Waals surface area contributed by atoms with Crippen molar-refractivity contribution in [3.05, 3.63) is 42.5 Å². The number of likely N-dealkylation sites (tertiary alicyclic amines) is 1. The predicted molar refractivity (Wildman–Crippen MR) is 97.4 cm³/mol. The number of hydrogen-bond acceptors (Lipinski definition) is 4. The van der Waals surface area contributed by atoms with Gasteiger partial charge in [-0.25, -0.2) is 13.1 Å². The summed E-state index contributed by atoms with van der Waals surface area (Å²) in [5, 5.41) is 1.69. The third-order valence-electron chi connectivity index (χ3n) is 4.80. The van der Waals surface area contributed by atoms with E-state index in [9.17, 15) is 8.42 Å². The summed E-state index contributed by atoms with van der Waals surface area (Å²) < 4.78 is 28.0. The molecule has 130 valence electrons. The van der Waals surface area contributed by atoms with Gasteiger partial charge in [0.05, 0.1) is 4.90 Å². The molecule has 0 aliphatic carbocycles. The highest BCUT2D eigenvalue weighted by Gasteiger charge is 2.20. The smallest absolute Gasteiger partial charge is 0.241 e. The summed E-state index contributed by atoms with van der Waals surface area (Å²) >= 11 is 0. The van der Waals surface area contributed by atoms with Crippen molar-refractivity contribution < 1.29 is 8.42 Å². The van der Waals surface area contributed by atoms with Gasteiger partial charge in [-0.05, 0) is 49.8 Å². The normalized spacial score (nSPS) is 17.4. The number of nitrogens with one attached hydrogen (secondary N) is 1. The molecule has 0 radical (unpaired) electrons. The Morgan fingerprint density at radius 2 is 1.79 bits per heavy atom. The lowest BCUT2D eigenvalue weighted by Crippen LogP contribution is -2.40. The molecule has 1 heterocycles. The van der Waals surface area contributed by atoms with E-state index in [0.717, 1.165) is 49.8 Å². The third-order valence-corrected chi connectivity index (χ3v) is 6.32. The van der Waals surface area contributed by atoms with Crippen LogP contribution in [0.2, 0.25) is 0 Å². The van der Waals surface area contributed by atoms with Crippen LogP contribution < -0.4 is 10.5 Å². The van der Waals surface area contributed by atoms with Crippen molar-refractivity contribution in [2.45, 2.75) is 17.7 Å². The summed E-state index contributed by atoms with van der Waals surface area (Å²) in [5.74, 6) is 0.619. The second kappa shape index (κ2) is 7.61. The lowest BCUT2D eigenvalue weighted by Gasteiger charge is -2.31. The maximum Gasteiger partial charge on any atom is 0.241 e. The molecule has 1 aliphatic rings. The molecule has 1 fully saturated rings. The minimum Gasteiger partial charge on any atom is -0.330 e. The average molecular weight is 347 g/mol. The van der Waals surface area contributed by atoms with Crippen molar-refractivity contribution in [2.24, 2.45) is 11.7 Å². The Hall–Kier alpha value is -1.47. The molecule has 0 aromatic heterocycles. The topological polar surface area (TPSA) is 75.4 Å². The summed E-state index contributed by atoms with van der Waals surface area (Å²) in [7, 11) is -3.50. The Balaban J connectivity index is 1.62. The van der Waals surface area contributed by atoms with E-state index in [1.165, 1.54) is 0 Å². The zero-order chi connectivity index (χ0) is 17.0. The molecule has 24 heavy (non-hydrogen) atoms. The van der Waals surface area contributed by atoms with E-state index >= 15 is 0 Å². The fourth-order valence-corrected chi connectivity index (χ4v) is 4.54. The fourth-order valence-electron chi connectivity index (χ4n) is 3.29. The van der Waals surface area contributed by atoms with Gasteiger partial charge in [0, 0.05) is 18.5 Å². The van der Waals surface area contributed by atoms with E-state index in [1.54, 1.807) is 12.1 Å². The summed E-state index contributed by atoms with van der Waals surface area (Å²) in [4.78, 5) is 2.65. The van der Waals surface area contributed by atoms with Gasteiger partial charge in [-0.3, -0.25) is 0 Å². The van der Waals surface area contributed by atoms with Gasteiger partial charge in [0.1, 0.15) is 0 Å². The molecule has 2 aromatic rings. The highest BCUT2D eigenvalue weighted by atomic mass is 32.2. The Bertz CT molecular complexity index is 778. The first-order chi connectivity index (χ1) is 11.6. The van der Waals surface area contributed by atoms with E-state index < -0.39 is 10.0 Å². The van der Waals surface area contributed by atoms with Crippen LogP contribution >= 0.6 is 0 Å². The number of fused-ring (bicyclic) bond motifs is 1. The van der Waals surface area contributed by atoms with Crippen LogP contribution in [0, 0.1) is 5.92 Å². The monoisotopic (exact) mass is 347 g/mol. The number of rotatable bonds is 6. The summed E-state index contributed by atoms with van der Waals surface area (Å²) in [6, 6.07) is 12.9. The van der Waals surface area contributed by atoms with Crippen LogP contribution in [0.1, 0.15) is 12.8 Å². The lowest BCUT2D eigenvalue weighted by atomic mass is 9.97. The van der Waals surface area contributed by atoms with Crippen LogP contribution in [-0.2, 0) is 10.0 Å². The zero-order valence-electron chi connectivity index (χ0n) is 13.8. The molecule has 0 bridgehead atoms. The van der Waals surface area contributed by atoms with Gasteiger partial charge < -0.3 is 10.6 Å². The van der Waals surface area contributed by atoms with E-state index in [1.807, 2.05) is 30.3 Å². The molecule has 3 rings (SSSR count). The number of nitrogens with zero attached hydrogens (tertiary/aromatic N) is 1. The van der Waals surface area contributed by atoms with Gasteiger partial charge >= 0.3 is 0 Å². The first-order valence-electron chi connectivity index (χ1n) is 8.50. The van der Waals surface area contributed by atoms with Crippen molar-refractivity contribution in [3.8, 4) is 0 Å². The number of sulfonamides is 1. The molecule has 1 saturated heterocycles. The number of nitrogens with two attached hydrogens (primary N) is 1. The molecule has 0 spiro atoms. The molecule has 1 aliphatic heterocycles. The molecule has 3 N–H and O–H groups in total. The molecule has 2 aromatic carbocycles. The summed E-state index contributed by atoms with van der Waals surface area (Å²) in [6.45, 7) is 3.91. The summed E-state index contributed by atoms with van der Waals surface area (Å²) in [5.41, 5.74) is 5.71. The van der Waals surface area contributed by atoms with Crippen LogP contribution in [0.15, 0.2) is 47.4 Å². The standard InChI is InChI=1S/C18H25N3O2S/c19-14-15-8-11-21(12-9-15)13-10-20-24(22,23)18-7-3-5-16-4-1-2-6-17(16)18/h1-7,15,20H,8-14,19H2. The Labute approximate surface area is 143 Å². The minimum atomic E-state index is -3.50. The molecule has 0 saturated carbocycles. The van der Waals surface area contributed by atoms with Crippen LogP contribution in [-0.4, -0.2) is 46.0 Å². The van der Waals surface area contributed by atoms with Crippen LogP contribution in [0.3, 0.4) is 0 Å². The molecule has 6 heteroatoms. The minimum absolute atomic E-state index is 0.349. The zero-order valence-corrected chi connectivity index (χ0v) is 14.6. The molecular formula is C18H25N3O2S. The van der Waals surface area contributed by atoms with E-state index in [2.05, 4.69) is 9.62 Å². The summed E-state index contributed by atoms with van der Waals surface area (Å²) in [6.07, 6.45) is 2.21. The van der Waals surface area contributed by atoms with Crippen molar-refractivity contribution in [1.82, 2.24) is 9.62 Å². The van der Waals surface area contributed by atoms with Crippen molar-refractivity contribution >= 4 is 20.8 Å².